The van der Waals surface area contributed by atoms with Crippen molar-refractivity contribution in [1.82, 2.24) is 5.32 Å². The largest absolute Gasteiger partial charge is 0.493 e. The summed E-state index contributed by atoms with van der Waals surface area (Å²) in [5.74, 6) is 1.62. The van der Waals surface area contributed by atoms with Crippen LogP contribution in [-0.2, 0) is 16.0 Å². The van der Waals surface area contributed by atoms with Crippen LogP contribution in [0.4, 0.5) is 0 Å². The molecule has 21 heavy (non-hydrogen) atoms. The zero-order chi connectivity index (χ0) is 15.3. The highest BCUT2D eigenvalue weighted by Gasteiger charge is 2.03. The highest BCUT2D eigenvalue weighted by atomic mass is 16.5. The molecule has 1 N–H and O–H groups in total. The molecule has 0 radical (unpaired) electrons. The summed E-state index contributed by atoms with van der Waals surface area (Å²) >= 11 is 0. The third-order valence-corrected chi connectivity index (χ3v) is 2.96. The Bertz CT molecular complexity index is 369. The van der Waals surface area contributed by atoms with E-state index in [0.717, 1.165) is 25.3 Å². The lowest BCUT2D eigenvalue weighted by atomic mass is 10.2. The number of ether oxygens (including phenoxy) is 3. The number of rotatable bonds is 12. The maximum Gasteiger partial charge on any atom is 0.123 e. The Morgan fingerprint density at radius 1 is 1.05 bits per heavy atom. The van der Waals surface area contributed by atoms with E-state index in [4.69, 9.17) is 14.2 Å². The van der Waals surface area contributed by atoms with E-state index in [1.807, 2.05) is 18.2 Å². The second kappa shape index (κ2) is 11.5. The molecule has 0 heterocycles. The summed E-state index contributed by atoms with van der Waals surface area (Å²) in [4.78, 5) is 0. The van der Waals surface area contributed by atoms with E-state index in [1.165, 1.54) is 5.56 Å². The van der Waals surface area contributed by atoms with E-state index >= 15 is 0 Å². The summed E-state index contributed by atoms with van der Waals surface area (Å²) < 4.78 is 16.2. The van der Waals surface area contributed by atoms with Gasteiger partial charge >= 0.3 is 0 Å². The van der Waals surface area contributed by atoms with Gasteiger partial charge in [0, 0.05) is 32.2 Å². The Balaban J connectivity index is 2.24. The minimum absolute atomic E-state index is 0.644. The van der Waals surface area contributed by atoms with Gasteiger partial charge in [0.15, 0.2) is 0 Å². The molecule has 4 nitrogen and oxygen atoms in total. The molecule has 0 saturated carbocycles. The molecule has 1 aromatic rings. The molecule has 0 unspecified atom stereocenters. The van der Waals surface area contributed by atoms with Gasteiger partial charge in [0.25, 0.3) is 0 Å². The Morgan fingerprint density at radius 2 is 1.86 bits per heavy atom. The van der Waals surface area contributed by atoms with E-state index in [9.17, 15) is 0 Å². The van der Waals surface area contributed by atoms with Crippen LogP contribution in [0.15, 0.2) is 24.3 Å². The van der Waals surface area contributed by atoms with E-state index < -0.39 is 0 Å². The maximum absolute atomic E-state index is 5.85. The average Bonchev–Trinajstić information content (AvgIpc) is 2.47. The quantitative estimate of drug-likeness (QED) is 0.602. The minimum atomic E-state index is 0.644. The lowest BCUT2D eigenvalue weighted by Crippen LogP contribution is -2.19. The number of hydrogen-bond donors (Lipinski definition) is 1. The van der Waals surface area contributed by atoms with Crippen LogP contribution in [-0.4, -0.2) is 40.1 Å². The van der Waals surface area contributed by atoms with Crippen molar-refractivity contribution in [1.29, 1.82) is 0 Å². The third kappa shape index (κ3) is 8.71. The maximum atomic E-state index is 5.85. The van der Waals surface area contributed by atoms with Gasteiger partial charge in [-0.3, -0.25) is 0 Å². The predicted molar refractivity (Wildman–Crippen MR) is 85.8 cm³/mol. The molecular formula is C17H29NO3. The first-order valence-corrected chi connectivity index (χ1v) is 7.72. The van der Waals surface area contributed by atoms with Crippen molar-refractivity contribution in [3.05, 3.63) is 29.8 Å². The fourth-order valence-corrected chi connectivity index (χ4v) is 1.87. The van der Waals surface area contributed by atoms with E-state index in [0.29, 0.717) is 32.3 Å². The summed E-state index contributed by atoms with van der Waals surface area (Å²) in [5.41, 5.74) is 1.21. The molecule has 4 heteroatoms. The Hall–Kier alpha value is -1.10. The van der Waals surface area contributed by atoms with Crippen molar-refractivity contribution in [3.8, 4) is 5.75 Å². The summed E-state index contributed by atoms with van der Waals surface area (Å²) in [6, 6.07) is 8.19. The fraction of sp³-hybridized carbons (Fsp3) is 0.647. The van der Waals surface area contributed by atoms with Gasteiger partial charge in [-0.1, -0.05) is 32.0 Å². The van der Waals surface area contributed by atoms with Gasteiger partial charge in [0.05, 0.1) is 19.8 Å². The number of methoxy groups -OCH3 is 1. The lowest BCUT2D eigenvalue weighted by Gasteiger charge is -2.13. The first-order chi connectivity index (χ1) is 10.2. The summed E-state index contributed by atoms with van der Waals surface area (Å²) in [6.07, 6.45) is 0.886. The molecule has 0 aromatic heterocycles. The molecule has 0 saturated heterocycles. The molecule has 120 valence electrons. The smallest absolute Gasteiger partial charge is 0.123 e. The van der Waals surface area contributed by atoms with Crippen molar-refractivity contribution in [3.63, 3.8) is 0 Å². The summed E-state index contributed by atoms with van der Waals surface area (Å²) in [6.45, 7) is 8.95. The molecule has 0 aliphatic heterocycles. The minimum Gasteiger partial charge on any atom is -0.493 e. The Morgan fingerprint density at radius 3 is 2.62 bits per heavy atom. The van der Waals surface area contributed by atoms with Crippen LogP contribution in [0, 0.1) is 5.92 Å². The average molecular weight is 295 g/mol. The molecule has 1 aromatic carbocycles. The van der Waals surface area contributed by atoms with Crippen LogP contribution < -0.4 is 10.1 Å². The van der Waals surface area contributed by atoms with Gasteiger partial charge in [-0.05, 0) is 18.5 Å². The van der Waals surface area contributed by atoms with E-state index in [-0.39, 0.29) is 0 Å². The topological polar surface area (TPSA) is 39.7 Å². The normalized spacial score (nSPS) is 11.0. The van der Waals surface area contributed by atoms with Crippen LogP contribution in [0.5, 0.6) is 5.75 Å². The first kappa shape index (κ1) is 18.0. The first-order valence-electron chi connectivity index (χ1n) is 7.72. The van der Waals surface area contributed by atoms with Gasteiger partial charge in [0.2, 0.25) is 0 Å². The molecular weight excluding hydrogens is 266 g/mol. The fourth-order valence-electron chi connectivity index (χ4n) is 1.87. The second-order valence-corrected chi connectivity index (χ2v) is 5.44. The molecule has 0 atom stereocenters. The van der Waals surface area contributed by atoms with Crippen LogP contribution in [0.2, 0.25) is 0 Å². The van der Waals surface area contributed by atoms with Gasteiger partial charge < -0.3 is 19.5 Å². The van der Waals surface area contributed by atoms with Gasteiger partial charge in [-0.2, -0.15) is 0 Å². The Kier molecular flexibility index (Phi) is 9.87. The van der Waals surface area contributed by atoms with Gasteiger partial charge in [-0.25, -0.2) is 0 Å². The monoisotopic (exact) mass is 295 g/mol. The molecule has 0 amide bonds. The van der Waals surface area contributed by atoms with Gasteiger partial charge in [0.1, 0.15) is 5.75 Å². The molecule has 0 bridgehead atoms. The highest BCUT2D eigenvalue weighted by molar-refractivity contribution is 5.33. The Labute approximate surface area is 128 Å². The van der Waals surface area contributed by atoms with Crippen LogP contribution >= 0.6 is 0 Å². The number of hydrogen-bond acceptors (Lipinski definition) is 4. The highest BCUT2D eigenvalue weighted by Crippen LogP contribution is 2.17. The zero-order valence-electron chi connectivity index (χ0n) is 13.6. The van der Waals surface area contributed by atoms with Gasteiger partial charge in [-0.15, -0.1) is 0 Å². The predicted octanol–water partition coefficient (Wildman–Crippen LogP) is 2.86. The second-order valence-electron chi connectivity index (χ2n) is 5.44. The van der Waals surface area contributed by atoms with Crippen molar-refractivity contribution in [2.24, 2.45) is 5.92 Å². The number of benzene rings is 1. The van der Waals surface area contributed by atoms with Crippen molar-refractivity contribution in [2.75, 3.05) is 40.1 Å². The third-order valence-electron chi connectivity index (χ3n) is 2.96. The number of para-hydroxylation sites is 1. The zero-order valence-corrected chi connectivity index (χ0v) is 13.6. The molecule has 1 rings (SSSR count). The standard InChI is InChI=1S/C17H29NO3/c1-15(2)13-18-14-16-7-4-5-8-17(16)21-10-6-9-20-12-11-19-3/h4-5,7-8,15,18H,6,9-14H2,1-3H3. The van der Waals surface area contributed by atoms with Crippen LogP contribution in [0.1, 0.15) is 25.8 Å². The van der Waals surface area contributed by atoms with Crippen molar-refractivity contribution >= 4 is 0 Å². The van der Waals surface area contributed by atoms with E-state index in [1.54, 1.807) is 7.11 Å². The van der Waals surface area contributed by atoms with Crippen molar-refractivity contribution < 1.29 is 14.2 Å². The molecule has 0 aliphatic rings. The molecule has 0 aliphatic carbocycles. The van der Waals surface area contributed by atoms with Crippen LogP contribution in [0.25, 0.3) is 0 Å². The lowest BCUT2D eigenvalue weighted by molar-refractivity contribution is 0.0644. The molecule has 0 fully saturated rings. The van der Waals surface area contributed by atoms with E-state index in [2.05, 4.69) is 25.2 Å². The number of nitrogens with one attached hydrogen (secondary N) is 1. The van der Waals surface area contributed by atoms with Crippen LogP contribution in [0.3, 0.4) is 0 Å². The SMILES string of the molecule is COCCOCCCOc1ccccc1CNCC(C)C. The molecule has 0 spiro atoms. The summed E-state index contributed by atoms with van der Waals surface area (Å²) in [7, 11) is 1.68. The summed E-state index contributed by atoms with van der Waals surface area (Å²) in [5, 5.41) is 3.45. The van der Waals surface area contributed by atoms with Crippen molar-refractivity contribution in [2.45, 2.75) is 26.8 Å².